The van der Waals surface area contributed by atoms with Crippen LogP contribution in [0.2, 0.25) is 0 Å². The van der Waals surface area contributed by atoms with Gasteiger partial charge in [-0.15, -0.1) is 12.1 Å². The molecule has 8 nitrogen and oxygen atoms in total. The first kappa shape index (κ1) is 30.4. The van der Waals surface area contributed by atoms with Crippen molar-refractivity contribution in [3.8, 4) is 0 Å². The molecule has 0 saturated carbocycles. The molecule has 0 saturated heterocycles. The number of aryl methyl sites for hydroxylation is 1. The minimum Gasteiger partial charge on any atom is -0.748 e. The smallest absolute Gasteiger partial charge is 0.252 e. The van der Waals surface area contributed by atoms with Gasteiger partial charge in [-0.1, -0.05) is 33.7 Å². The molecule has 1 aliphatic heterocycles. The Bertz CT molecular complexity index is 1420. The van der Waals surface area contributed by atoms with Crippen LogP contribution in [0.4, 0.5) is 5.69 Å². The number of fused-ring (bicyclic) bond motifs is 2. The zero-order chi connectivity index (χ0) is 23.6. The molecule has 0 aliphatic carbocycles. The largest absolute Gasteiger partial charge is 0.748 e. The van der Waals surface area contributed by atoms with Crippen LogP contribution in [0.15, 0.2) is 46.3 Å². The third-order valence-corrected chi connectivity index (χ3v) is 8.75. The first-order chi connectivity index (χ1) is 15.6. The molecule has 0 atom stereocenters. The van der Waals surface area contributed by atoms with Crippen molar-refractivity contribution in [2.24, 2.45) is 0 Å². The summed E-state index contributed by atoms with van der Waals surface area (Å²) in [5, 5.41) is 1.71. The molecule has 1 aliphatic rings. The molecule has 186 valence electrons. The minimum atomic E-state index is -4.31. The maximum Gasteiger partial charge on any atom is 0.252 e. The van der Waals surface area contributed by atoms with Crippen LogP contribution in [0.25, 0.3) is 16.3 Å². The minimum absolute atomic E-state index is 0. The van der Waals surface area contributed by atoms with Gasteiger partial charge in [0.15, 0.2) is 0 Å². The van der Waals surface area contributed by atoms with Gasteiger partial charge in [-0.25, -0.2) is 21.4 Å². The summed E-state index contributed by atoms with van der Waals surface area (Å²) in [6.07, 6.45) is 2.33. The zero-order valence-corrected chi connectivity index (χ0v) is 24.2. The maximum absolute atomic E-state index is 11.1. The number of anilines is 1. The van der Waals surface area contributed by atoms with Crippen LogP contribution in [0.3, 0.4) is 0 Å². The van der Waals surface area contributed by atoms with E-state index in [0.717, 1.165) is 30.8 Å². The Hall–Kier alpha value is -0.791. The molecule has 14 heteroatoms. The normalized spacial score (nSPS) is 14.6. The van der Waals surface area contributed by atoms with E-state index in [2.05, 4.69) is 12.1 Å². The molecule has 2 aromatic carbocycles. The van der Waals surface area contributed by atoms with Crippen molar-refractivity contribution in [3.63, 3.8) is 0 Å². The predicted octanol–water partition coefficient (Wildman–Crippen LogP) is 2.57. The molecule has 35 heavy (non-hydrogen) atoms. The zero-order valence-electron chi connectivity index (χ0n) is 18.2. The molecule has 0 fully saturated rings. The van der Waals surface area contributed by atoms with Gasteiger partial charge in [0.05, 0.1) is 25.3 Å². The number of rotatable bonds is 9. The molecule has 0 spiro atoms. The number of benzene rings is 2. The molecule has 3 aromatic rings. The Morgan fingerprint density at radius 3 is 2.34 bits per heavy atom. The molecule has 0 bridgehead atoms. The SMILES string of the molecule is O=S(=O)([O-])CCCN1C(=Cc2sc3cc[c-]cc3[n+]2CCCS(=O)(=O)[O-])Sc2cc[c-]cc21.[V].[V]. The van der Waals surface area contributed by atoms with Gasteiger partial charge in [0, 0.05) is 67.7 Å². The average Bonchev–Trinajstić information content (AvgIpc) is 3.25. The summed E-state index contributed by atoms with van der Waals surface area (Å²) in [6, 6.07) is 17.2. The van der Waals surface area contributed by atoms with E-state index in [-0.39, 0.29) is 50.0 Å². The van der Waals surface area contributed by atoms with Gasteiger partial charge in [-0.05, 0) is 11.1 Å². The monoisotopic (exact) mass is 625 g/mol. The van der Waals surface area contributed by atoms with Crippen LogP contribution in [0.5, 0.6) is 0 Å². The molecule has 2 radical (unpaired) electrons. The molecule has 1 aromatic heterocycles. The Morgan fingerprint density at radius 1 is 0.971 bits per heavy atom. The Kier molecular flexibility index (Phi) is 11.0. The Balaban J connectivity index is 0.00000216. The Labute approximate surface area is 237 Å². The fourth-order valence-corrected chi connectivity index (χ4v) is 6.81. The number of thioether (sulfide) groups is 1. The summed E-state index contributed by atoms with van der Waals surface area (Å²) >= 11 is 3.05. The number of thiazole rings is 1. The number of hydrogen-bond acceptors (Lipinski definition) is 9. The van der Waals surface area contributed by atoms with Crippen molar-refractivity contribution >= 4 is 65.3 Å². The van der Waals surface area contributed by atoms with Crippen molar-refractivity contribution in [1.82, 2.24) is 0 Å². The van der Waals surface area contributed by atoms with Gasteiger partial charge < -0.3 is 14.0 Å². The van der Waals surface area contributed by atoms with E-state index in [1.807, 2.05) is 39.8 Å². The van der Waals surface area contributed by atoms with Crippen molar-refractivity contribution in [1.29, 1.82) is 0 Å². The summed E-state index contributed by atoms with van der Waals surface area (Å²) in [7, 11) is -8.61. The summed E-state index contributed by atoms with van der Waals surface area (Å²) in [5.74, 6) is -0.897. The van der Waals surface area contributed by atoms with Crippen LogP contribution >= 0.6 is 23.1 Å². The fourth-order valence-electron chi connectivity index (χ4n) is 3.56. The van der Waals surface area contributed by atoms with E-state index in [9.17, 15) is 25.9 Å². The molecule has 0 N–H and O–H groups in total. The first-order valence-corrected chi connectivity index (χ1v) is 14.8. The number of aromatic nitrogens is 1. The fraction of sp³-hybridized carbons (Fsp3) is 0.286. The number of hydrogen-bond donors (Lipinski definition) is 0. The van der Waals surface area contributed by atoms with E-state index in [0.29, 0.717) is 13.1 Å². The third-order valence-electron chi connectivity index (χ3n) is 4.95. The van der Waals surface area contributed by atoms with Gasteiger partial charge in [-0.3, -0.25) is 0 Å². The van der Waals surface area contributed by atoms with E-state index in [4.69, 9.17) is 0 Å². The second kappa shape index (κ2) is 12.6. The van der Waals surface area contributed by atoms with Gasteiger partial charge in [0.1, 0.15) is 12.1 Å². The van der Waals surface area contributed by atoms with Gasteiger partial charge >= 0.3 is 0 Å². The quantitative estimate of drug-likeness (QED) is 0.202. The van der Waals surface area contributed by atoms with E-state index in [1.54, 1.807) is 12.1 Å². The predicted molar refractivity (Wildman–Crippen MR) is 126 cm³/mol. The second-order valence-electron chi connectivity index (χ2n) is 7.35. The summed E-state index contributed by atoms with van der Waals surface area (Å²) in [6.45, 7) is 0.691. The molecular formula is C21H19N2O6S4V2-3. The summed E-state index contributed by atoms with van der Waals surface area (Å²) in [5.41, 5.74) is 1.77. The van der Waals surface area contributed by atoms with Gasteiger partial charge in [-0.2, -0.15) is 36.4 Å². The van der Waals surface area contributed by atoms with Crippen LogP contribution in [-0.4, -0.2) is 44.0 Å². The summed E-state index contributed by atoms with van der Waals surface area (Å²) in [4.78, 5) is 2.95. The van der Waals surface area contributed by atoms with Crippen molar-refractivity contribution < 1.29 is 67.6 Å². The van der Waals surface area contributed by atoms with E-state index >= 15 is 0 Å². The third kappa shape index (κ3) is 8.10. The topological polar surface area (TPSA) is 122 Å². The van der Waals surface area contributed by atoms with Crippen LogP contribution < -0.4 is 9.47 Å². The van der Waals surface area contributed by atoms with Crippen LogP contribution in [0.1, 0.15) is 17.8 Å². The number of nitrogens with zero attached hydrogens (tertiary/aromatic N) is 2. The van der Waals surface area contributed by atoms with Gasteiger partial charge in [0.2, 0.25) is 0 Å². The first-order valence-electron chi connectivity index (χ1n) is 9.97. The van der Waals surface area contributed by atoms with Crippen molar-refractivity contribution in [2.75, 3.05) is 23.0 Å². The van der Waals surface area contributed by atoms with Crippen LogP contribution in [0, 0.1) is 12.1 Å². The molecule has 0 unspecified atom stereocenters. The van der Waals surface area contributed by atoms with Crippen molar-refractivity contribution in [3.05, 3.63) is 58.6 Å². The summed E-state index contributed by atoms with van der Waals surface area (Å²) < 4.78 is 69.4. The molecule has 2 heterocycles. The average molecular weight is 626 g/mol. The van der Waals surface area contributed by atoms with Crippen molar-refractivity contribution in [2.45, 2.75) is 24.3 Å². The Morgan fingerprint density at radius 2 is 1.63 bits per heavy atom. The standard InChI is InChI=1S/C21H21N2O6S4.2V/c24-32(25,26)13-5-11-22-16-7-1-3-9-18(16)30-20(22)15-21-23(12-6-14-33(27,28)29)17-8-2-4-10-19(17)31-21;;/h3-4,7-10,15H,5-6,11-14H2,(H,24,25,26)(H,27,28,29);;/q-1;;/p-2. The van der Waals surface area contributed by atoms with Gasteiger partial charge in [0.25, 0.3) is 5.01 Å². The van der Waals surface area contributed by atoms with E-state index < -0.39 is 31.7 Å². The molecule has 0 amide bonds. The second-order valence-corrected chi connectivity index (χ2v) is 12.5. The van der Waals surface area contributed by atoms with Crippen LogP contribution in [-0.2, 0) is 63.9 Å². The molecule has 4 rings (SSSR count). The maximum atomic E-state index is 11.1. The molecular weight excluding hydrogens is 606 g/mol. The van der Waals surface area contributed by atoms with E-state index in [1.165, 1.54) is 23.1 Å².